The van der Waals surface area contributed by atoms with Crippen LogP contribution in [0.1, 0.15) is 33.9 Å². The quantitative estimate of drug-likeness (QED) is 0.859. The van der Waals surface area contributed by atoms with Gasteiger partial charge in [-0.1, -0.05) is 0 Å². The second-order valence-electron chi connectivity index (χ2n) is 5.51. The molecule has 0 aliphatic carbocycles. The van der Waals surface area contributed by atoms with E-state index in [0.717, 1.165) is 17.4 Å². The fourth-order valence-electron chi connectivity index (χ4n) is 2.99. The highest BCUT2D eigenvalue weighted by Gasteiger charge is 2.34. The van der Waals surface area contributed by atoms with Gasteiger partial charge in [0.2, 0.25) is 0 Å². The number of anilines is 1. The van der Waals surface area contributed by atoms with Gasteiger partial charge in [-0.2, -0.15) is 0 Å². The van der Waals surface area contributed by atoms with Crippen molar-refractivity contribution in [1.29, 1.82) is 0 Å². The first kappa shape index (κ1) is 15.7. The van der Waals surface area contributed by atoms with Gasteiger partial charge < -0.3 is 14.7 Å². The predicted molar refractivity (Wildman–Crippen MR) is 86.2 cm³/mol. The highest BCUT2D eigenvalue weighted by molar-refractivity contribution is 7.20. The maximum Gasteiger partial charge on any atom is 0.348 e. The average Bonchev–Trinajstić information content (AvgIpc) is 3.11. The molecule has 0 saturated carbocycles. The third kappa shape index (κ3) is 2.52. The first-order valence-corrected chi connectivity index (χ1v) is 8.11. The van der Waals surface area contributed by atoms with Crippen molar-refractivity contribution in [2.24, 2.45) is 0 Å². The summed E-state index contributed by atoms with van der Waals surface area (Å²) >= 11 is 1.25. The van der Waals surface area contributed by atoms with Crippen LogP contribution < -0.4 is 4.90 Å². The van der Waals surface area contributed by atoms with Crippen molar-refractivity contribution in [1.82, 2.24) is 9.97 Å². The van der Waals surface area contributed by atoms with Gasteiger partial charge in [0.25, 0.3) is 0 Å². The Bertz CT molecular complexity index is 802. The lowest BCUT2D eigenvalue weighted by Crippen LogP contribution is -2.36. The Balaban J connectivity index is 2.22. The number of carboxylic acids is 1. The van der Waals surface area contributed by atoms with Gasteiger partial charge in [-0.25, -0.2) is 19.6 Å². The van der Waals surface area contributed by atoms with E-state index in [9.17, 15) is 14.7 Å². The number of carbonyl (C=O) groups is 2. The Kier molecular flexibility index (Phi) is 3.93. The van der Waals surface area contributed by atoms with Crippen LogP contribution in [0.25, 0.3) is 10.2 Å². The Morgan fingerprint density at radius 2 is 2.09 bits per heavy atom. The fourth-order valence-corrected chi connectivity index (χ4v) is 4.13. The van der Waals surface area contributed by atoms with Crippen molar-refractivity contribution in [3.63, 3.8) is 0 Å². The summed E-state index contributed by atoms with van der Waals surface area (Å²) in [5.41, 5.74) is 0.739. The van der Waals surface area contributed by atoms with Gasteiger partial charge in [0.05, 0.1) is 12.5 Å². The molecule has 0 aromatic carbocycles. The zero-order valence-corrected chi connectivity index (χ0v) is 13.9. The predicted octanol–water partition coefficient (Wildman–Crippen LogP) is 2.15. The van der Waals surface area contributed by atoms with Gasteiger partial charge in [0.1, 0.15) is 27.4 Å². The number of thiophene rings is 1. The van der Waals surface area contributed by atoms with Crippen LogP contribution >= 0.6 is 11.3 Å². The molecule has 3 heterocycles. The molecule has 1 aliphatic rings. The van der Waals surface area contributed by atoms with Crippen LogP contribution in [0.4, 0.5) is 5.82 Å². The number of ether oxygens (including phenoxy) is 1. The normalized spacial score (nSPS) is 17.7. The molecule has 7 nitrogen and oxygen atoms in total. The number of hydrogen-bond donors (Lipinski definition) is 1. The molecule has 23 heavy (non-hydrogen) atoms. The first-order valence-electron chi connectivity index (χ1n) is 7.29. The molecule has 0 radical (unpaired) electrons. The number of esters is 1. The number of carboxylic acid groups (broad SMARTS) is 1. The molecular weight excluding hydrogens is 318 g/mol. The molecule has 1 aliphatic heterocycles. The summed E-state index contributed by atoms with van der Waals surface area (Å²) < 4.78 is 4.82. The van der Waals surface area contributed by atoms with Gasteiger partial charge in [-0.05, 0) is 32.3 Å². The molecule has 0 bridgehead atoms. The van der Waals surface area contributed by atoms with Gasteiger partial charge in [-0.15, -0.1) is 11.3 Å². The van der Waals surface area contributed by atoms with Gasteiger partial charge in [0.15, 0.2) is 0 Å². The molecule has 122 valence electrons. The third-order valence-corrected chi connectivity index (χ3v) is 5.23. The maximum absolute atomic E-state index is 11.9. The highest BCUT2D eigenvalue weighted by Crippen LogP contribution is 2.38. The number of nitrogens with zero attached hydrogens (tertiary/aromatic N) is 3. The van der Waals surface area contributed by atoms with Crippen molar-refractivity contribution in [2.45, 2.75) is 32.7 Å². The summed E-state index contributed by atoms with van der Waals surface area (Å²) in [6.07, 6.45) is 1.39. The summed E-state index contributed by atoms with van der Waals surface area (Å²) in [6, 6.07) is -0.589. The highest BCUT2D eigenvalue weighted by atomic mass is 32.1. The van der Waals surface area contributed by atoms with Crippen molar-refractivity contribution in [3.05, 3.63) is 16.3 Å². The largest absolute Gasteiger partial charge is 0.480 e. The lowest BCUT2D eigenvalue weighted by Gasteiger charge is -2.23. The minimum Gasteiger partial charge on any atom is -0.480 e. The number of aliphatic carboxylic acids is 1. The van der Waals surface area contributed by atoms with E-state index in [1.54, 1.807) is 11.8 Å². The van der Waals surface area contributed by atoms with Crippen LogP contribution in [0.3, 0.4) is 0 Å². The lowest BCUT2D eigenvalue weighted by atomic mass is 10.1. The van der Waals surface area contributed by atoms with Crippen LogP contribution in [-0.4, -0.2) is 46.7 Å². The SMILES string of the molecule is COC(=O)c1sc2nc(C)nc(N3CCC[C@H]3C(=O)O)c2c1C. The van der Waals surface area contributed by atoms with E-state index in [1.165, 1.54) is 18.4 Å². The molecule has 8 heteroatoms. The van der Waals surface area contributed by atoms with Crippen LogP contribution in [0, 0.1) is 13.8 Å². The topological polar surface area (TPSA) is 92.6 Å². The van der Waals surface area contributed by atoms with E-state index >= 15 is 0 Å². The number of aromatic nitrogens is 2. The molecule has 2 aromatic rings. The smallest absolute Gasteiger partial charge is 0.348 e. The van der Waals surface area contributed by atoms with Crippen molar-refractivity contribution in [2.75, 3.05) is 18.6 Å². The Morgan fingerprint density at radius 3 is 2.74 bits per heavy atom. The number of carbonyl (C=O) groups excluding carboxylic acids is 1. The fraction of sp³-hybridized carbons (Fsp3) is 0.467. The van der Waals surface area contributed by atoms with E-state index in [0.29, 0.717) is 34.3 Å². The Morgan fingerprint density at radius 1 is 1.35 bits per heavy atom. The summed E-state index contributed by atoms with van der Waals surface area (Å²) in [5, 5.41) is 10.2. The molecule has 2 aromatic heterocycles. The summed E-state index contributed by atoms with van der Waals surface area (Å²) in [4.78, 5) is 35.3. The summed E-state index contributed by atoms with van der Waals surface area (Å²) in [5.74, 6) is -0.110. The zero-order valence-electron chi connectivity index (χ0n) is 13.1. The molecular formula is C15H17N3O4S. The van der Waals surface area contributed by atoms with Gasteiger partial charge in [-0.3, -0.25) is 0 Å². The number of fused-ring (bicyclic) bond motifs is 1. The Labute approximate surface area is 136 Å². The third-order valence-electron chi connectivity index (χ3n) is 4.06. The minimum absolute atomic E-state index is 0.412. The van der Waals surface area contributed by atoms with E-state index < -0.39 is 18.0 Å². The number of methoxy groups -OCH3 is 1. The van der Waals surface area contributed by atoms with Crippen LogP contribution in [0.5, 0.6) is 0 Å². The van der Waals surface area contributed by atoms with E-state index in [-0.39, 0.29) is 0 Å². The van der Waals surface area contributed by atoms with Crippen molar-refractivity contribution >= 4 is 39.3 Å². The first-order chi connectivity index (χ1) is 10.9. The second kappa shape index (κ2) is 5.77. The number of hydrogen-bond acceptors (Lipinski definition) is 7. The molecule has 0 amide bonds. The van der Waals surface area contributed by atoms with Crippen LogP contribution in [0.2, 0.25) is 0 Å². The molecule has 3 rings (SSSR count). The molecule has 0 spiro atoms. The average molecular weight is 335 g/mol. The van der Waals surface area contributed by atoms with Gasteiger partial charge >= 0.3 is 11.9 Å². The lowest BCUT2D eigenvalue weighted by molar-refractivity contribution is -0.138. The molecule has 1 fully saturated rings. The molecule has 1 saturated heterocycles. The molecule has 1 N–H and O–H groups in total. The van der Waals surface area contributed by atoms with Crippen molar-refractivity contribution < 1.29 is 19.4 Å². The molecule has 0 unspecified atom stereocenters. The van der Waals surface area contributed by atoms with Crippen LogP contribution in [0.15, 0.2) is 0 Å². The van der Waals surface area contributed by atoms with E-state index in [1.807, 2.05) is 6.92 Å². The van der Waals surface area contributed by atoms with E-state index in [2.05, 4.69) is 9.97 Å². The number of rotatable bonds is 3. The van der Waals surface area contributed by atoms with Crippen molar-refractivity contribution in [3.8, 4) is 0 Å². The Hall–Kier alpha value is -2.22. The summed E-state index contributed by atoms with van der Waals surface area (Å²) in [6.45, 7) is 4.21. The van der Waals surface area contributed by atoms with E-state index in [4.69, 9.17) is 4.74 Å². The second-order valence-corrected chi connectivity index (χ2v) is 6.51. The summed E-state index contributed by atoms with van der Waals surface area (Å²) in [7, 11) is 1.34. The zero-order chi connectivity index (χ0) is 16.7. The monoisotopic (exact) mass is 335 g/mol. The van der Waals surface area contributed by atoms with Crippen LogP contribution in [-0.2, 0) is 9.53 Å². The minimum atomic E-state index is -0.854. The van der Waals surface area contributed by atoms with Gasteiger partial charge in [0, 0.05) is 6.54 Å². The standard InChI is InChI=1S/C15H17N3O4S/c1-7-10-12(18-6-4-5-9(18)14(19)20)16-8(2)17-13(10)23-11(7)15(21)22-3/h9H,4-6H2,1-3H3,(H,19,20)/t9-/m0/s1. The number of aryl methyl sites for hydroxylation is 2. The maximum atomic E-state index is 11.9. The molecule has 1 atom stereocenters.